The molecule has 0 aliphatic carbocycles. The average Bonchev–Trinajstić information content (AvgIpc) is 2.45. The Balaban J connectivity index is 2.05. The fraction of sp³-hybridized carbons (Fsp3) is 0.357. The van der Waals surface area contributed by atoms with E-state index < -0.39 is 5.97 Å². The first-order chi connectivity index (χ1) is 10.1. The Labute approximate surface area is 122 Å². The molecule has 0 radical (unpaired) electrons. The molecule has 0 bridgehead atoms. The summed E-state index contributed by atoms with van der Waals surface area (Å²) in [6.07, 6.45) is 3.17. The molecule has 1 N–H and O–H groups in total. The molecular weight excluding hydrogens is 270 g/mol. The summed E-state index contributed by atoms with van der Waals surface area (Å²) in [4.78, 5) is 28.3. The summed E-state index contributed by atoms with van der Waals surface area (Å²) in [6, 6.07) is 1.82. The van der Waals surface area contributed by atoms with E-state index in [1.165, 1.54) is 6.20 Å². The van der Waals surface area contributed by atoms with Gasteiger partial charge < -0.3 is 10.1 Å². The van der Waals surface area contributed by atoms with E-state index in [1.54, 1.807) is 20.0 Å². The second-order valence-corrected chi connectivity index (χ2v) is 4.36. The Bertz CT molecular complexity index is 645. The summed E-state index contributed by atoms with van der Waals surface area (Å²) < 4.78 is 4.93. The van der Waals surface area contributed by atoms with Crippen LogP contribution < -0.4 is 5.32 Å². The molecule has 0 atom stereocenters. The van der Waals surface area contributed by atoms with Crippen LogP contribution in [-0.4, -0.2) is 32.5 Å². The summed E-state index contributed by atoms with van der Waals surface area (Å²) in [5.74, 6) is 0.744. The van der Waals surface area contributed by atoms with E-state index in [2.05, 4.69) is 25.3 Å². The molecule has 0 aliphatic heterocycles. The zero-order valence-corrected chi connectivity index (χ0v) is 12.3. The maximum atomic E-state index is 11.7. The van der Waals surface area contributed by atoms with E-state index in [-0.39, 0.29) is 0 Å². The highest BCUT2D eigenvalue weighted by molar-refractivity contribution is 5.90. The fourth-order valence-electron chi connectivity index (χ4n) is 1.73. The van der Waals surface area contributed by atoms with E-state index in [0.29, 0.717) is 36.2 Å². The third kappa shape index (κ3) is 3.95. The molecule has 2 aromatic heterocycles. The average molecular weight is 287 g/mol. The molecule has 0 saturated heterocycles. The van der Waals surface area contributed by atoms with Crippen molar-refractivity contribution in [3.63, 3.8) is 0 Å². The van der Waals surface area contributed by atoms with Crippen LogP contribution in [0.1, 0.15) is 34.5 Å². The van der Waals surface area contributed by atoms with Crippen LogP contribution in [0.25, 0.3) is 0 Å². The molecule has 2 rings (SSSR count). The number of nitrogens with zero attached hydrogens (tertiary/aromatic N) is 4. The maximum absolute atomic E-state index is 11.7. The maximum Gasteiger partial charge on any atom is 0.341 e. The van der Waals surface area contributed by atoms with Gasteiger partial charge in [0.15, 0.2) is 0 Å². The number of carbonyl (C=O) groups is 1. The predicted octanol–water partition coefficient (Wildman–Crippen LogP) is 1.67. The Morgan fingerprint density at radius 1 is 1.29 bits per heavy atom. The van der Waals surface area contributed by atoms with Crippen molar-refractivity contribution in [3.05, 3.63) is 41.2 Å². The molecular formula is C14H17N5O2. The van der Waals surface area contributed by atoms with Crippen molar-refractivity contribution in [1.82, 2.24) is 19.9 Å². The second-order valence-electron chi connectivity index (χ2n) is 4.36. The minimum atomic E-state index is -0.409. The van der Waals surface area contributed by atoms with Crippen molar-refractivity contribution in [3.8, 4) is 0 Å². The number of esters is 1. The highest BCUT2D eigenvalue weighted by atomic mass is 16.5. The van der Waals surface area contributed by atoms with Gasteiger partial charge in [0.2, 0.25) is 5.95 Å². The molecule has 7 heteroatoms. The van der Waals surface area contributed by atoms with Gasteiger partial charge in [-0.25, -0.2) is 24.7 Å². The van der Waals surface area contributed by atoms with Crippen molar-refractivity contribution in [2.45, 2.75) is 27.3 Å². The third-order valence-corrected chi connectivity index (χ3v) is 2.74. The van der Waals surface area contributed by atoms with Crippen molar-refractivity contribution in [1.29, 1.82) is 0 Å². The highest BCUT2D eigenvalue weighted by Crippen LogP contribution is 2.09. The lowest BCUT2D eigenvalue weighted by Gasteiger charge is -2.08. The normalized spacial score (nSPS) is 10.2. The van der Waals surface area contributed by atoms with Gasteiger partial charge in [0.25, 0.3) is 0 Å². The standard InChI is InChI=1S/C14H17N5O2/c1-4-21-13(20)12-8-17-14(18-9(12)2)16-7-11-5-6-15-10(3)19-11/h5-6,8H,4,7H2,1-3H3,(H,16,17,18). The van der Waals surface area contributed by atoms with Crippen LogP contribution in [-0.2, 0) is 11.3 Å². The zero-order valence-electron chi connectivity index (χ0n) is 12.3. The van der Waals surface area contributed by atoms with Crippen molar-refractivity contribution in [2.75, 3.05) is 11.9 Å². The largest absolute Gasteiger partial charge is 0.462 e. The van der Waals surface area contributed by atoms with Crippen LogP contribution in [0.3, 0.4) is 0 Å². The number of ether oxygens (including phenoxy) is 1. The Morgan fingerprint density at radius 2 is 2.10 bits per heavy atom. The quantitative estimate of drug-likeness (QED) is 0.836. The Morgan fingerprint density at radius 3 is 2.76 bits per heavy atom. The number of aryl methyl sites for hydroxylation is 2. The number of hydrogen-bond donors (Lipinski definition) is 1. The third-order valence-electron chi connectivity index (χ3n) is 2.74. The van der Waals surface area contributed by atoms with E-state index in [9.17, 15) is 4.79 Å². The Hall–Kier alpha value is -2.57. The number of anilines is 1. The Kier molecular flexibility index (Phi) is 4.76. The predicted molar refractivity (Wildman–Crippen MR) is 76.8 cm³/mol. The molecule has 2 heterocycles. The molecule has 0 spiro atoms. The summed E-state index contributed by atoms with van der Waals surface area (Å²) in [5, 5.41) is 3.06. The van der Waals surface area contributed by atoms with Crippen molar-refractivity contribution >= 4 is 11.9 Å². The first-order valence-electron chi connectivity index (χ1n) is 6.63. The molecule has 0 aromatic carbocycles. The van der Waals surface area contributed by atoms with Crippen LogP contribution in [0, 0.1) is 13.8 Å². The molecule has 2 aromatic rings. The molecule has 0 aliphatic rings. The monoisotopic (exact) mass is 287 g/mol. The lowest BCUT2D eigenvalue weighted by molar-refractivity contribution is 0.0524. The van der Waals surface area contributed by atoms with Gasteiger partial charge in [-0.15, -0.1) is 0 Å². The SMILES string of the molecule is CCOC(=O)c1cnc(NCc2ccnc(C)n2)nc1C. The number of aromatic nitrogens is 4. The molecule has 0 unspecified atom stereocenters. The van der Waals surface area contributed by atoms with Gasteiger partial charge in [0, 0.05) is 12.4 Å². The van der Waals surface area contributed by atoms with Crippen molar-refractivity contribution < 1.29 is 9.53 Å². The zero-order chi connectivity index (χ0) is 15.2. The van der Waals surface area contributed by atoms with Crippen LogP contribution in [0.4, 0.5) is 5.95 Å². The smallest absolute Gasteiger partial charge is 0.341 e. The molecule has 21 heavy (non-hydrogen) atoms. The van der Waals surface area contributed by atoms with E-state index in [1.807, 2.05) is 13.0 Å². The van der Waals surface area contributed by atoms with Crippen LogP contribution >= 0.6 is 0 Å². The van der Waals surface area contributed by atoms with Gasteiger partial charge >= 0.3 is 5.97 Å². The summed E-state index contributed by atoms with van der Waals surface area (Å²) >= 11 is 0. The fourth-order valence-corrected chi connectivity index (χ4v) is 1.73. The van der Waals surface area contributed by atoms with Gasteiger partial charge in [-0.3, -0.25) is 0 Å². The van der Waals surface area contributed by atoms with Gasteiger partial charge in [-0.1, -0.05) is 0 Å². The van der Waals surface area contributed by atoms with Crippen LogP contribution in [0.2, 0.25) is 0 Å². The minimum absolute atomic E-state index is 0.325. The van der Waals surface area contributed by atoms with Gasteiger partial charge in [-0.05, 0) is 26.8 Å². The topological polar surface area (TPSA) is 89.9 Å². The van der Waals surface area contributed by atoms with E-state index >= 15 is 0 Å². The molecule has 0 fully saturated rings. The summed E-state index contributed by atoms with van der Waals surface area (Å²) in [5.41, 5.74) is 1.79. The minimum Gasteiger partial charge on any atom is -0.462 e. The molecule has 110 valence electrons. The first kappa shape index (κ1) is 14.8. The van der Waals surface area contributed by atoms with Crippen LogP contribution in [0.5, 0.6) is 0 Å². The lowest BCUT2D eigenvalue weighted by atomic mass is 10.2. The van der Waals surface area contributed by atoms with Crippen LogP contribution in [0.15, 0.2) is 18.5 Å². The summed E-state index contributed by atoms with van der Waals surface area (Å²) in [6.45, 7) is 6.15. The molecule has 0 saturated carbocycles. The highest BCUT2D eigenvalue weighted by Gasteiger charge is 2.12. The van der Waals surface area contributed by atoms with Crippen molar-refractivity contribution in [2.24, 2.45) is 0 Å². The van der Waals surface area contributed by atoms with E-state index in [4.69, 9.17) is 4.74 Å². The van der Waals surface area contributed by atoms with Gasteiger partial charge in [0.05, 0.1) is 30.1 Å². The lowest BCUT2D eigenvalue weighted by Crippen LogP contribution is -2.11. The number of hydrogen-bond acceptors (Lipinski definition) is 7. The number of carbonyl (C=O) groups excluding carboxylic acids is 1. The van der Waals surface area contributed by atoms with Gasteiger partial charge in [-0.2, -0.15) is 0 Å². The molecule has 0 amide bonds. The van der Waals surface area contributed by atoms with Gasteiger partial charge in [0.1, 0.15) is 5.82 Å². The number of rotatable bonds is 5. The second kappa shape index (κ2) is 6.74. The van der Waals surface area contributed by atoms with E-state index in [0.717, 1.165) is 5.69 Å². The molecule has 7 nitrogen and oxygen atoms in total. The first-order valence-corrected chi connectivity index (χ1v) is 6.63. The number of nitrogens with one attached hydrogen (secondary N) is 1. The summed E-state index contributed by atoms with van der Waals surface area (Å²) in [7, 11) is 0.